The Balaban J connectivity index is 2.34. The monoisotopic (exact) mass is 216 g/mol. The molecule has 0 bridgehead atoms. The van der Waals surface area contributed by atoms with Crippen LogP contribution in [0, 0.1) is 0 Å². The first-order valence-corrected chi connectivity index (χ1v) is 6.77. The molecule has 2 N–H and O–H groups in total. The van der Waals surface area contributed by atoms with E-state index in [0.29, 0.717) is 0 Å². The van der Waals surface area contributed by atoms with Crippen LogP contribution in [0.25, 0.3) is 0 Å². The highest BCUT2D eigenvalue weighted by Gasteiger charge is 2.25. The van der Waals surface area contributed by atoms with Gasteiger partial charge in [-0.15, -0.1) is 0 Å². The van der Waals surface area contributed by atoms with Gasteiger partial charge < -0.3 is 10.6 Å². The van der Waals surface area contributed by atoms with Crippen molar-refractivity contribution in [3.8, 4) is 0 Å². The van der Waals surface area contributed by atoms with Crippen LogP contribution >= 0.6 is 11.8 Å². The fraction of sp³-hybridized carbons (Fsp3) is 1.00. The zero-order valence-electron chi connectivity index (χ0n) is 9.75. The van der Waals surface area contributed by atoms with Gasteiger partial charge in [0.2, 0.25) is 0 Å². The minimum Gasteiger partial charge on any atom is -0.324 e. The molecule has 3 heteroatoms. The molecule has 1 saturated heterocycles. The third-order valence-corrected chi connectivity index (χ3v) is 4.11. The summed E-state index contributed by atoms with van der Waals surface area (Å²) < 4.78 is 0. The van der Waals surface area contributed by atoms with Gasteiger partial charge in [0.05, 0.1) is 0 Å². The van der Waals surface area contributed by atoms with Gasteiger partial charge in [-0.25, -0.2) is 0 Å². The topological polar surface area (TPSA) is 29.3 Å². The average Bonchev–Trinajstić information content (AvgIpc) is 2.53. The van der Waals surface area contributed by atoms with Gasteiger partial charge in [0.25, 0.3) is 0 Å². The first-order chi connectivity index (χ1) is 6.55. The van der Waals surface area contributed by atoms with Crippen molar-refractivity contribution in [2.75, 3.05) is 25.1 Å². The number of nitrogens with two attached hydrogens (primary N) is 1. The van der Waals surface area contributed by atoms with Gasteiger partial charge in [0.1, 0.15) is 0 Å². The summed E-state index contributed by atoms with van der Waals surface area (Å²) in [5.41, 5.74) is 6.24. The van der Waals surface area contributed by atoms with E-state index in [9.17, 15) is 0 Å². The molecular formula is C11H24N2S. The molecule has 0 radical (unpaired) electrons. The van der Waals surface area contributed by atoms with Crippen LogP contribution in [0.5, 0.6) is 0 Å². The lowest BCUT2D eigenvalue weighted by Gasteiger charge is -2.33. The Morgan fingerprint density at radius 3 is 2.79 bits per heavy atom. The maximum Gasteiger partial charge on any atom is 0.0254 e. The van der Waals surface area contributed by atoms with E-state index in [1.807, 2.05) is 0 Å². The molecule has 1 rings (SSSR count). The van der Waals surface area contributed by atoms with Crippen LogP contribution in [0.3, 0.4) is 0 Å². The summed E-state index contributed by atoms with van der Waals surface area (Å²) >= 11 is 2.07. The first-order valence-electron chi connectivity index (χ1n) is 5.62. The molecule has 2 nitrogen and oxygen atoms in total. The zero-order chi connectivity index (χ0) is 10.6. The standard InChI is InChI=1S/C11H24N2S/c1-4-6-11(2,12)9-13(3)10-5-7-14-8-10/h10H,4-9,12H2,1-3H3. The minimum atomic E-state index is -0.00322. The first kappa shape index (κ1) is 12.3. The Morgan fingerprint density at radius 2 is 2.29 bits per heavy atom. The Hall–Kier alpha value is 0.270. The number of rotatable bonds is 5. The lowest BCUT2D eigenvalue weighted by atomic mass is 9.96. The Labute approximate surface area is 92.6 Å². The molecule has 14 heavy (non-hydrogen) atoms. The van der Waals surface area contributed by atoms with E-state index in [4.69, 9.17) is 5.73 Å². The summed E-state index contributed by atoms with van der Waals surface area (Å²) in [7, 11) is 2.22. The predicted octanol–water partition coefficient (Wildman–Crippen LogP) is 1.94. The average molecular weight is 216 g/mol. The van der Waals surface area contributed by atoms with E-state index in [1.54, 1.807) is 0 Å². The highest BCUT2D eigenvalue weighted by Crippen LogP contribution is 2.22. The molecule has 0 aromatic carbocycles. The van der Waals surface area contributed by atoms with Crippen LogP contribution in [-0.4, -0.2) is 41.6 Å². The highest BCUT2D eigenvalue weighted by atomic mass is 32.2. The summed E-state index contributed by atoms with van der Waals surface area (Å²) in [6.07, 6.45) is 3.64. The summed E-state index contributed by atoms with van der Waals surface area (Å²) in [6, 6.07) is 0.764. The largest absolute Gasteiger partial charge is 0.324 e. The van der Waals surface area contributed by atoms with E-state index in [0.717, 1.165) is 19.0 Å². The Bertz CT molecular complexity index is 165. The maximum absolute atomic E-state index is 6.25. The summed E-state index contributed by atoms with van der Waals surface area (Å²) in [4.78, 5) is 2.45. The molecule has 2 atom stereocenters. The quantitative estimate of drug-likeness (QED) is 0.761. The van der Waals surface area contributed by atoms with Gasteiger partial charge in [-0.3, -0.25) is 0 Å². The van der Waals surface area contributed by atoms with E-state index in [2.05, 4.69) is 37.6 Å². The van der Waals surface area contributed by atoms with Crippen molar-refractivity contribution in [3.63, 3.8) is 0 Å². The fourth-order valence-electron chi connectivity index (χ4n) is 2.22. The van der Waals surface area contributed by atoms with Crippen LogP contribution in [-0.2, 0) is 0 Å². The molecule has 84 valence electrons. The Morgan fingerprint density at radius 1 is 1.57 bits per heavy atom. The number of hydrogen-bond donors (Lipinski definition) is 1. The number of likely N-dealkylation sites (N-methyl/N-ethyl adjacent to an activating group) is 1. The van der Waals surface area contributed by atoms with E-state index in [-0.39, 0.29) is 5.54 Å². The molecule has 1 aliphatic rings. The maximum atomic E-state index is 6.25. The van der Waals surface area contributed by atoms with Crippen molar-refractivity contribution >= 4 is 11.8 Å². The van der Waals surface area contributed by atoms with E-state index >= 15 is 0 Å². The van der Waals surface area contributed by atoms with Crippen molar-refractivity contribution in [2.45, 2.75) is 44.7 Å². The smallest absolute Gasteiger partial charge is 0.0254 e. The Kier molecular flexibility index (Phi) is 4.74. The molecule has 0 aliphatic carbocycles. The third kappa shape index (κ3) is 3.79. The molecule has 1 heterocycles. The number of nitrogens with zero attached hydrogens (tertiary/aromatic N) is 1. The highest BCUT2D eigenvalue weighted by molar-refractivity contribution is 7.99. The third-order valence-electron chi connectivity index (χ3n) is 2.96. The summed E-state index contributed by atoms with van der Waals surface area (Å²) in [5.74, 6) is 2.61. The van der Waals surface area contributed by atoms with Crippen molar-refractivity contribution in [1.82, 2.24) is 4.90 Å². The van der Waals surface area contributed by atoms with Gasteiger partial charge in [-0.2, -0.15) is 11.8 Å². The molecule has 0 amide bonds. The van der Waals surface area contributed by atoms with Crippen LogP contribution in [0.15, 0.2) is 0 Å². The second-order valence-corrected chi connectivity index (χ2v) is 5.99. The lowest BCUT2D eigenvalue weighted by Crippen LogP contribution is -2.49. The van der Waals surface area contributed by atoms with Crippen molar-refractivity contribution in [3.05, 3.63) is 0 Å². The zero-order valence-corrected chi connectivity index (χ0v) is 10.6. The van der Waals surface area contributed by atoms with Gasteiger partial charge in [0.15, 0.2) is 0 Å². The van der Waals surface area contributed by atoms with Crippen LogP contribution in [0.4, 0.5) is 0 Å². The molecule has 2 unspecified atom stereocenters. The van der Waals surface area contributed by atoms with Gasteiger partial charge in [0, 0.05) is 23.9 Å². The summed E-state index contributed by atoms with van der Waals surface area (Å²) in [6.45, 7) is 5.41. The van der Waals surface area contributed by atoms with Crippen LogP contribution in [0.1, 0.15) is 33.1 Å². The number of thioether (sulfide) groups is 1. The molecule has 0 aromatic heterocycles. The number of hydrogen-bond acceptors (Lipinski definition) is 3. The van der Waals surface area contributed by atoms with Gasteiger partial charge >= 0.3 is 0 Å². The molecule has 1 aliphatic heterocycles. The molecule has 1 fully saturated rings. The second-order valence-electron chi connectivity index (χ2n) is 4.84. The minimum absolute atomic E-state index is 0.00322. The molecule has 0 aromatic rings. The molecular weight excluding hydrogens is 192 g/mol. The van der Waals surface area contributed by atoms with Crippen molar-refractivity contribution < 1.29 is 0 Å². The van der Waals surface area contributed by atoms with Crippen LogP contribution < -0.4 is 5.73 Å². The predicted molar refractivity (Wildman–Crippen MR) is 65.9 cm³/mol. The van der Waals surface area contributed by atoms with Crippen LogP contribution in [0.2, 0.25) is 0 Å². The van der Waals surface area contributed by atoms with E-state index < -0.39 is 0 Å². The summed E-state index contributed by atoms with van der Waals surface area (Å²) in [5, 5.41) is 0. The van der Waals surface area contributed by atoms with Crippen molar-refractivity contribution in [1.29, 1.82) is 0 Å². The normalized spacial score (nSPS) is 26.8. The lowest BCUT2D eigenvalue weighted by molar-refractivity contribution is 0.201. The van der Waals surface area contributed by atoms with Crippen molar-refractivity contribution in [2.24, 2.45) is 5.73 Å². The molecule has 0 saturated carbocycles. The van der Waals surface area contributed by atoms with E-state index in [1.165, 1.54) is 24.3 Å². The fourth-order valence-corrected chi connectivity index (χ4v) is 3.52. The second kappa shape index (κ2) is 5.38. The SMILES string of the molecule is CCCC(C)(N)CN(C)C1CCSC1. The van der Waals surface area contributed by atoms with Gasteiger partial charge in [-0.1, -0.05) is 13.3 Å². The molecule has 0 spiro atoms. The van der Waals surface area contributed by atoms with Gasteiger partial charge in [-0.05, 0) is 32.6 Å².